The number of benzene rings is 4. The molecular weight excluding hydrogens is 877 g/mol. The average Bonchev–Trinajstić information content (AvgIpc) is 3.89. The number of aryl methyl sites for hydroxylation is 1. The van der Waals surface area contributed by atoms with E-state index in [0.717, 1.165) is 80.7 Å². The van der Waals surface area contributed by atoms with Gasteiger partial charge in [0.05, 0.1) is 13.7 Å². The van der Waals surface area contributed by atoms with Gasteiger partial charge in [0.25, 0.3) is 0 Å². The molecule has 8 rings (SSSR count). The molecule has 1 aliphatic rings. The summed E-state index contributed by atoms with van der Waals surface area (Å²) in [6.07, 6.45) is 6.37. The maximum Gasteiger partial charge on any atom is 0.120 e. The second-order valence-electron chi connectivity index (χ2n) is 17.2. The third-order valence-electron chi connectivity index (χ3n) is 10.6. The zero-order chi connectivity index (χ0) is 44.1. The first kappa shape index (κ1) is 33.9. The van der Waals surface area contributed by atoms with E-state index < -0.39 is 27.2 Å². The predicted molar refractivity (Wildman–Crippen MR) is 236 cm³/mol. The molecule has 0 bridgehead atoms. The molecule has 0 amide bonds. The first-order valence-corrected chi connectivity index (χ1v) is 23.0. The minimum atomic E-state index is -2.27. The third kappa shape index (κ3) is 9.34. The SMILES string of the molecule is [2H]C([2H])([2H])c1cnc(-c2[c-]cc3oc4ccc(C([2H])(C)C)cc4c3c2)cc1-c1ccccc1.[2H]C([2H])(c1cc(-c2[c-]ccc(C(C)(C)C)c2)ncc1[Si](C)(C)C)C1CCCC1.[Ir]. The molecule has 0 aliphatic heterocycles. The number of furan rings is 1. The molecule has 0 atom stereocenters. The van der Waals surface area contributed by atoms with Crippen molar-refractivity contribution in [2.45, 2.75) is 104 Å². The van der Waals surface area contributed by atoms with Crippen LogP contribution >= 0.6 is 0 Å². The van der Waals surface area contributed by atoms with Crippen LogP contribution in [0.2, 0.25) is 19.6 Å². The molecule has 0 unspecified atom stereocenters. The van der Waals surface area contributed by atoms with Crippen LogP contribution in [0.4, 0.5) is 0 Å². The molecule has 0 spiro atoms. The Morgan fingerprint density at radius 3 is 2.25 bits per heavy atom. The smallest absolute Gasteiger partial charge is 0.120 e. The average molecular weight is 939 g/mol. The molecule has 7 aromatic rings. The Kier molecular flexibility index (Phi) is 10.4. The van der Waals surface area contributed by atoms with Gasteiger partial charge in [0.1, 0.15) is 5.58 Å². The normalized spacial score (nSPS) is 15.8. The fourth-order valence-corrected chi connectivity index (χ4v) is 8.73. The van der Waals surface area contributed by atoms with Crippen LogP contribution in [-0.4, -0.2) is 18.0 Å². The molecular formula is C51H56IrN2OSi-2. The Morgan fingerprint density at radius 1 is 0.857 bits per heavy atom. The molecule has 56 heavy (non-hydrogen) atoms. The van der Waals surface area contributed by atoms with E-state index in [9.17, 15) is 0 Å². The molecule has 1 saturated carbocycles. The van der Waals surface area contributed by atoms with Crippen LogP contribution < -0.4 is 5.19 Å². The molecule has 4 aromatic carbocycles. The zero-order valence-electron chi connectivity index (χ0n) is 39.9. The predicted octanol–water partition coefficient (Wildman–Crippen LogP) is 13.7. The van der Waals surface area contributed by atoms with Crippen molar-refractivity contribution in [3.8, 4) is 33.6 Å². The first-order valence-electron chi connectivity index (χ1n) is 22.5. The van der Waals surface area contributed by atoms with E-state index in [1.165, 1.54) is 11.8 Å². The van der Waals surface area contributed by atoms with Gasteiger partial charge in [-0.05, 0) is 81.4 Å². The number of rotatable bonds is 7. The van der Waals surface area contributed by atoms with E-state index >= 15 is 0 Å². The topological polar surface area (TPSA) is 38.9 Å². The van der Waals surface area contributed by atoms with E-state index in [1.54, 1.807) is 6.07 Å². The molecule has 3 nitrogen and oxygen atoms in total. The summed E-state index contributed by atoms with van der Waals surface area (Å²) in [7, 11) is -1.72. The summed E-state index contributed by atoms with van der Waals surface area (Å²) in [5, 5.41) is 2.99. The van der Waals surface area contributed by atoms with Crippen molar-refractivity contribution in [2.24, 2.45) is 5.92 Å². The number of nitrogens with zero attached hydrogens (tertiary/aromatic N) is 2. The van der Waals surface area contributed by atoms with Crippen molar-refractivity contribution < 1.29 is 32.7 Å². The molecule has 3 heterocycles. The van der Waals surface area contributed by atoms with Gasteiger partial charge in [0.2, 0.25) is 0 Å². The first-order chi connectivity index (χ1) is 28.5. The van der Waals surface area contributed by atoms with Gasteiger partial charge in [0, 0.05) is 46.1 Å². The fraction of sp³-hybridized carbons (Fsp3) is 0.333. The van der Waals surface area contributed by atoms with Crippen molar-refractivity contribution in [3.05, 3.63) is 138 Å². The summed E-state index contributed by atoms with van der Waals surface area (Å²) in [6.45, 7) is 14.9. The maximum absolute atomic E-state index is 9.04. The number of hydrogen-bond acceptors (Lipinski definition) is 3. The van der Waals surface area contributed by atoms with Gasteiger partial charge in [-0.3, -0.25) is 0 Å². The number of hydrogen-bond donors (Lipinski definition) is 0. The van der Waals surface area contributed by atoms with Crippen LogP contribution in [0, 0.1) is 24.9 Å². The van der Waals surface area contributed by atoms with Crippen molar-refractivity contribution in [1.82, 2.24) is 9.97 Å². The molecule has 5 heteroatoms. The van der Waals surface area contributed by atoms with Crippen LogP contribution in [0.1, 0.15) is 96.7 Å². The molecule has 0 N–H and O–H groups in total. The Balaban J connectivity index is 0.000000207. The number of aromatic nitrogens is 2. The molecule has 1 fully saturated rings. The summed E-state index contributed by atoms with van der Waals surface area (Å²) in [6, 6.07) is 35.7. The van der Waals surface area contributed by atoms with Crippen molar-refractivity contribution in [1.29, 1.82) is 0 Å². The van der Waals surface area contributed by atoms with Gasteiger partial charge in [-0.25, -0.2) is 0 Å². The Bertz CT molecular complexity index is 2690. The fourth-order valence-electron chi connectivity index (χ4n) is 7.33. The van der Waals surface area contributed by atoms with E-state index in [-0.39, 0.29) is 37.0 Å². The number of pyridine rings is 2. The standard InChI is InChI=1S/C27H22NO.C24H34NSi.Ir/c1-17(2)20-9-11-26-23(13-20)24-14-21(10-12-27(24)29-26)25-15-22(18(3)16-28-25)19-7-5-4-6-8-19;1-24(2,3)21-13-9-12-19(15-21)22-16-20(14-18-10-7-8-11-18)23(17-25-22)26(4,5)6;/h4-9,11-17H,1-3H3;9,13,15-18H,7-8,10-11,14H2,1-6H3;/q2*-1;/i3D3,17D;14D2;. The summed E-state index contributed by atoms with van der Waals surface area (Å²) in [4.78, 5) is 9.25. The van der Waals surface area contributed by atoms with Gasteiger partial charge in [-0.1, -0.05) is 139 Å². The Morgan fingerprint density at radius 2 is 1.55 bits per heavy atom. The number of fused-ring (bicyclic) bond motifs is 3. The second-order valence-corrected chi connectivity index (χ2v) is 22.2. The quantitative estimate of drug-likeness (QED) is 0.118. The Labute approximate surface area is 358 Å². The van der Waals surface area contributed by atoms with Crippen molar-refractivity contribution in [2.75, 3.05) is 0 Å². The maximum atomic E-state index is 9.04. The zero-order valence-corrected chi connectivity index (χ0v) is 37.3. The van der Waals surface area contributed by atoms with Crippen LogP contribution in [0.15, 0.2) is 108 Å². The second kappa shape index (κ2) is 17.1. The largest absolute Gasteiger partial charge is 0.500 e. The third-order valence-corrected chi connectivity index (χ3v) is 12.6. The summed E-state index contributed by atoms with van der Waals surface area (Å²) in [5.41, 5.74) is 9.38. The summed E-state index contributed by atoms with van der Waals surface area (Å²) in [5.74, 6) is -0.610. The molecule has 1 aliphatic carbocycles. The summed E-state index contributed by atoms with van der Waals surface area (Å²) < 4.78 is 56.3. The Hall–Kier alpha value is -4.15. The van der Waals surface area contributed by atoms with Crippen LogP contribution in [0.3, 0.4) is 0 Å². The monoisotopic (exact) mass is 939 g/mol. The van der Waals surface area contributed by atoms with E-state index in [2.05, 4.69) is 69.7 Å². The summed E-state index contributed by atoms with van der Waals surface area (Å²) >= 11 is 0. The van der Waals surface area contributed by atoms with Crippen LogP contribution in [0.5, 0.6) is 0 Å². The van der Waals surface area contributed by atoms with Crippen molar-refractivity contribution >= 4 is 35.2 Å². The van der Waals surface area contributed by atoms with Gasteiger partial charge in [-0.2, -0.15) is 0 Å². The van der Waals surface area contributed by atoms with Gasteiger partial charge in [0.15, 0.2) is 0 Å². The van der Waals surface area contributed by atoms with Crippen LogP contribution in [-0.2, 0) is 31.9 Å². The molecule has 1 radical (unpaired) electrons. The van der Waals surface area contributed by atoms with Gasteiger partial charge < -0.3 is 14.4 Å². The molecule has 3 aromatic heterocycles. The minimum Gasteiger partial charge on any atom is -0.500 e. The van der Waals surface area contributed by atoms with Gasteiger partial charge in [-0.15, -0.1) is 59.2 Å². The molecule has 291 valence electrons. The minimum absolute atomic E-state index is 0. The van der Waals surface area contributed by atoms with E-state index in [4.69, 9.17) is 17.6 Å². The van der Waals surface area contributed by atoms with E-state index in [1.807, 2.05) is 92.8 Å². The van der Waals surface area contributed by atoms with Crippen molar-refractivity contribution in [3.63, 3.8) is 0 Å². The van der Waals surface area contributed by atoms with Crippen LogP contribution in [0.25, 0.3) is 55.6 Å². The van der Waals surface area contributed by atoms with Gasteiger partial charge >= 0.3 is 0 Å². The molecule has 0 saturated heterocycles. The van der Waals surface area contributed by atoms with E-state index in [0.29, 0.717) is 16.8 Å².